The maximum atomic E-state index is 12.4. The lowest BCUT2D eigenvalue weighted by molar-refractivity contribution is -0.143. The van der Waals surface area contributed by atoms with E-state index in [0.29, 0.717) is 39.4 Å². The minimum absolute atomic E-state index is 0.0168. The van der Waals surface area contributed by atoms with Gasteiger partial charge in [0.05, 0.1) is 12.6 Å². The Bertz CT molecular complexity index is 363. The van der Waals surface area contributed by atoms with Gasteiger partial charge in [0.1, 0.15) is 6.04 Å². The predicted molar refractivity (Wildman–Crippen MR) is 72.6 cm³/mol. The Morgan fingerprint density at radius 1 is 1.30 bits per heavy atom. The number of amides is 2. The van der Waals surface area contributed by atoms with Crippen molar-refractivity contribution in [3.8, 4) is 0 Å². The van der Waals surface area contributed by atoms with Crippen molar-refractivity contribution in [2.45, 2.75) is 25.4 Å². The van der Waals surface area contributed by atoms with E-state index in [9.17, 15) is 9.59 Å². The molecule has 0 spiro atoms. The smallest absolute Gasteiger partial charge is 0.320 e. The van der Waals surface area contributed by atoms with E-state index in [-0.39, 0.29) is 12.1 Å². The van der Waals surface area contributed by atoms with E-state index in [1.807, 2.05) is 11.9 Å². The summed E-state index contributed by atoms with van der Waals surface area (Å²) >= 11 is 0. The minimum atomic E-state index is -0.815. The number of ether oxygens (including phenoxy) is 1. The van der Waals surface area contributed by atoms with E-state index < -0.39 is 12.0 Å². The first-order chi connectivity index (χ1) is 9.50. The Morgan fingerprint density at radius 2 is 1.95 bits per heavy atom. The molecule has 7 nitrogen and oxygen atoms in total. The lowest BCUT2D eigenvalue weighted by Crippen LogP contribution is -2.56. The van der Waals surface area contributed by atoms with Crippen LogP contribution in [0.3, 0.4) is 0 Å². The molecular formula is C13H23N3O4. The highest BCUT2D eigenvalue weighted by molar-refractivity contribution is 5.75. The number of nitrogens with zero attached hydrogens (tertiary/aromatic N) is 3. The Morgan fingerprint density at radius 3 is 2.45 bits per heavy atom. The van der Waals surface area contributed by atoms with Crippen LogP contribution < -0.4 is 0 Å². The zero-order valence-electron chi connectivity index (χ0n) is 12.1. The average Bonchev–Trinajstić information content (AvgIpc) is 2.99. The van der Waals surface area contributed by atoms with Gasteiger partial charge in [-0.2, -0.15) is 0 Å². The van der Waals surface area contributed by atoms with Gasteiger partial charge in [0.15, 0.2) is 0 Å². The van der Waals surface area contributed by atoms with E-state index in [4.69, 9.17) is 9.84 Å². The minimum Gasteiger partial charge on any atom is -0.480 e. The van der Waals surface area contributed by atoms with Gasteiger partial charge in [-0.25, -0.2) is 4.79 Å². The Balaban J connectivity index is 1.83. The van der Waals surface area contributed by atoms with Crippen LogP contribution in [0.15, 0.2) is 0 Å². The fraction of sp³-hybridized carbons (Fsp3) is 0.846. The van der Waals surface area contributed by atoms with Crippen LogP contribution in [0.4, 0.5) is 4.79 Å². The number of carboxylic acids is 1. The van der Waals surface area contributed by atoms with E-state index in [0.717, 1.165) is 6.42 Å². The summed E-state index contributed by atoms with van der Waals surface area (Å²) in [6.07, 6.45) is 0.887. The molecule has 2 fully saturated rings. The van der Waals surface area contributed by atoms with E-state index >= 15 is 0 Å². The molecule has 0 aromatic heterocycles. The second-order valence-corrected chi connectivity index (χ2v) is 5.45. The normalized spacial score (nSPS) is 25.5. The highest BCUT2D eigenvalue weighted by Crippen LogP contribution is 2.14. The van der Waals surface area contributed by atoms with Crippen LogP contribution in [0.5, 0.6) is 0 Å². The Kier molecular flexibility index (Phi) is 4.82. The summed E-state index contributed by atoms with van der Waals surface area (Å²) < 4.78 is 5.30. The Hall–Kier alpha value is -1.34. The number of hydrogen-bond donors (Lipinski definition) is 1. The monoisotopic (exact) mass is 285 g/mol. The number of carboxylic acid groups (broad SMARTS) is 1. The molecule has 2 rings (SSSR count). The SMILES string of the molecule is CC(C(=O)O)N1CCN(C(=O)N(C)C2CCOC2)CC1. The first-order valence-corrected chi connectivity index (χ1v) is 7.07. The summed E-state index contributed by atoms with van der Waals surface area (Å²) in [5.74, 6) is -0.815. The lowest BCUT2D eigenvalue weighted by atomic mass is 10.2. The standard InChI is InChI=1S/C13H23N3O4/c1-10(12(17)18)15-4-6-16(7-5-15)13(19)14(2)11-3-8-20-9-11/h10-11H,3-9H2,1-2H3,(H,17,18). The summed E-state index contributed by atoms with van der Waals surface area (Å²) in [6, 6.07) is -0.310. The highest BCUT2D eigenvalue weighted by Gasteiger charge is 2.31. The van der Waals surface area contributed by atoms with Crippen molar-refractivity contribution >= 4 is 12.0 Å². The number of rotatable bonds is 3. The molecule has 1 N–H and O–H groups in total. The molecule has 0 saturated carbocycles. The van der Waals surface area contributed by atoms with Crippen LogP contribution >= 0.6 is 0 Å². The molecule has 2 atom stereocenters. The first-order valence-electron chi connectivity index (χ1n) is 7.07. The van der Waals surface area contributed by atoms with Gasteiger partial charge in [0.2, 0.25) is 0 Å². The zero-order valence-corrected chi connectivity index (χ0v) is 12.1. The summed E-state index contributed by atoms with van der Waals surface area (Å²) in [5.41, 5.74) is 0. The van der Waals surface area contributed by atoms with Crippen molar-refractivity contribution in [3.05, 3.63) is 0 Å². The molecular weight excluding hydrogens is 262 g/mol. The fourth-order valence-corrected chi connectivity index (χ4v) is 2.66. The molecule has 7 heteroatoms. The molecule has 2 aliphatic rings. The van der Waals surface area contributed by atoms with Crippen molar-refractivity contribution in [1.29, 1.82) is 0 Å². The van der Waals surface area contributed by atoms with Gasteiger partial charge in [-0.3, -0.25) is 9.69 Å². The topological polar surface area (TPSA) is 73.3 Å². The highest BCUT2D eigenvalue weighted by atomic mass is 16.5. The number of likely N-dealkylation sites (N-methyl/N-ethyl adjacent to an activating group) is 1. The molecule has 20 heavy (non-hydrogen) atoms. The van der Waals surface area contributed by atoms with E-state index in [2.05, 4.69) is 0 Å². The number of piperazine rings is 1. The second-order valence-electron chi connectivity index (χ2n) is 5.45. The largest absolute Gasteiger partial charge is 0.480 e. The molecule has 0 radical (unpaired) electrons. The van der Waals surface area contributed by atoms with Gasteiger partial charge in [-0.1, -0.05) is 0 Å². The second kappa shape index (κ2) is 6.41. The van der Waals surface area contributed by atoms with Gasteiger partial charge in [0, 0.05) is 39.8 Å². The van der Waals surface area contributed by atoms with E-state index in [1.165, 1.54) is 0 Å². The number of hydrogen-bond acceptors (Lipinski definition) is 4. The van der Waals surface area contributed by atoms with Gasteiger partial charge < -0.3 is 19.6 Å². The fourth-order valence-electron chi connectivity index (χ4n) is 2.66. The summed E-state index contributed by atoms with van der Waals surface area (Å²) in [5, 5.41) is 9.00. The molecule has 2 aliphatic heterocycles. The molecule has 2 unspecified atom stereocenters. The van der Waals surface area contributed by atoms with Crippen molar-refractivity contribution < 1.29 is 19.4 Å². The lowest BCUT2D eigenvalue weighted by Gasteiger charge is -2.39. The van der Waals surface area contributed by atoms with Crippen LogP contribution in [-0.4, -0.2) is 90.3 Å². The molecule has 114 valence electrons. The zero-order chi connectivity index (χ0) is 14.7. The quantitative estimate of drug-likeness (QED) is 0.785. The van der Waals surface area contributed by atoms with E-state index in [1.54, 1.807) is 16.7 Å². The van der Waals surface area contributed by atoms with Crippen molar-refractivity contribution in [1.82, 2.24) is 14.7 Å². The maximum absolute atomic E-state index is 12.4. The third-order valence-corrected chi connectivity index (χ3v) is 4.24. The number of aliphatic carboxylic acids is 1. The van der Waals surface area contributed by atoms with Crippen molar-refractivity contribution in [2.24, 2.45) is 0 Å². The maximum Gasteiger partial charge on any atom is 0.320 e. The summed E-state index contributed by atoms with van der Waals surface area (Å²) in [4.78, 5) is 28.8. The third-order valence-electron chi connectivity index (χ3n) is 4.24. The molecule has 0 aromatic carbocycles. The van der Waals surface area contributed by atoms with Crippen LogP contribution in [0, 0.1) is 0 Å². The predicted octanol–water partition coefficient (Wildman–Crippen LogP) is -0.0822. The summed E-state index contributed by atoms with van der Waals surface area (Å²) in [6.45, 7) is 5.37. The molecule has 0 aromatic rings. The molecule has 0 bridgehead atoms. The van der Waals surface area contributed by atoms with Crippen LogP contribution in [0.25, 0.3) is 0 Å². The van der Waals surface area contributed by atoms with Crippen molar-refractivity contribution in [3.63, 3.8) is 0 Å². The first kappa shape index (κ1) is 15.1. The molecule has 0 aliphatic carbocycles. The van der Waals surface area contributed by atoms with Crippen LogP contribution in [0.1, 0.15) is 13.3 Å². The van der Waals surface area contributed by atoms with Gasteiger partial charge in [-0.05, 0) is 13.3 Å². The average molecular weight is 285 g/mol. The van der Waals surface area contributed by atoms with Crippen molar-refractivity contribution in [2.75, 3.05) is 46.4 Å². The van der Waals surface area contributed by atoms with Gasteiger partial charge in [0.25, 0.3) is 0 Å². The van der Waals surface area contributed by atoms with Crippen LogP contribution in [-0.2, 0) is 9.53 Å². The third kappa shape index (κ3) is 3.21. The van der Waals surface area contributed by atoms with Crippen LogP contribution in [0.2, 0.25) is 0 Å². The summed E-state index contributed by atoms with van der Waals surface area (Å²) in [7, 11) is 1.81. The Labute approximate surface area is 119 Å². The van der Waals surface area contributed by atoms with Gasteiger partial charge in [-0.15, -0.1) is 0 Å². The number of carbonyl (C=O) groups excluding carboxylic acids is 1. The number of carbonyl (C=O) groups is 2. The van der Waals surface area contributed by atoms with Gasteiger partial charge >= 0.3 is 12.0 Å². The molecule has 2 heterocycles. The molecule has 2 saturated heterocycles. The molecule has 2 amide bonds. The number of urea groups is 1.